The maximum Gasteiger partial charge on any atom is 0.258 e. The summed E-state index contributed by atoms with van der Waals surface area (Å²) in [6.45, 7) is 0. The Balaban J connectivity index is 1.91. The Bertz CT molecular complexity index is 740. The van der Waals surface area contributed by atoms with Crippen molar-refractivity contribution in [1.82, 2.24) is 4.98 Å². The van der Waals surface area contributed by atoms with Gasteiger partial charge in [-0.15, -0.1) is 0 Å². The molecular weight excluding hydrogens is 284 g/mol. The van der Waals surface area contributed by atoms with Gasteiger partial charge in [-0.1, -0.05) is 17.7 Å². The average molecular weight is 291 g/mol. The van der Waals surface area contributed by atoms with E-state index in [2.05, 4.69) is 19.0 Å². The predicted octanol–water partition coefficient (Wildman–Crippen LogP) is 3.71. The summed E-state index contributed by atoms with van der Waals surface area (Å²) in [5.41, 5.74) is 2.35. The second-order valence-corrected chi connectivity index (χ2v) is 4.68. The molecule has 0 fully saturated rings. The van der Waals surface area contributed by atoms with E-state index >= 15 is 0 Å². The Labute approximate surface area is 117 Å². The third-order valence-corrected chi connectivity index (χ3v) is 3.42. The normalized spacial score (nSPS) is 11.8. The van der Waals surface area contributed by atoms with Crippen LogP contribution >= 0.6 is 11.6 Å². The first-order valence-electron chi connectivity index (χ1n) is 5.38. The first-order valence-corrected chi connectivity index (χ1v) is 6.48. The molecule has 7 heteroatoms. The highest BCUT2D eigenvalue weighted by Crippen LogP contribution is 2.38. The van der Waals surface area contributed by atoms with Gasteiger partial charge in [0.1, 0.15) is 11.4 Å². The fraction of sp³-hybridized carbons (Fsp3) is 0. The number of amides is 1. The third kappa shape index (κ3) is 2.27. The molecule has 2 aromatic rings. The zero-order chi connectivity index (χ0) is 13.2. The van der Waals surface area contributed by atoms with Crippen molar-refractivity contribution in [2.75, 3.05) is 5.32 Å². The van der Waals surface area contributed by atoms with Gasteiger partial charge in [0.2, 0.25) is 0 Å². The number of aromatic nitrogens is 1. The number of carbonyl (C=O) groups excluding carboxylic acids is 1. The molecule has 1 aromatic carbocycles. The van der Waals surface area contributed by atoms with Gasteiger partial charge < -0.3 is 5.32 Å². The summed E-state index contributed by atoms with van der Waals surface area (Å²) in [5.74, 6) is -0.321. The number of halogens is 1. The zero-order valence-corrected chi connectivity index (χ0v) is 11.1. The number of nitrogens with zero attached hydrogens (tertiary/aromatic N) is 3. The van der Waals surface area contributed by atoms with E-state index in [1.165, 1.54) is 12.4 Å². The van der Waals surface area contributed by atoms with Crippen molar-refractivity contribution in [3.8, 4) is 0 Å². The van der Waals surface area contributed by atoms with Gasteiger partial charge in [0.05, 0.1) is 27.6 Å². The van der Waals surface area contributed by atoms with Crippen molar-refractivity contribution in [2.24, 2.45) is 8.73 Å². The number of fused-ring (bicyclic) bond motifs is 1. The average Bonchev–Trinajstić information content (AvgIpc) is 2.88. The van der Waals surface area contributed by atoms with E-state index in [-0.39, 0.29) is 5.91 Å². The summed E-state index contributed by atoms with van der Waals surface area (Å²) in [7, 11) is 0. The minimum Gasteiger partial charge on any atom is -0.320 e. The number of benzene rings is 1. The number of carbonyl (C=O) groups is 1. The van der Waals surface area contributed by atoms with E-state index < -0.39 is 0 Å². The van der Waals surface area contributed by atoms with Crippen LogP contribution in [0.5, 0.6) is 0 Å². The molecule has 1 aromatic heterocycles. The number of nitrogens with one attached hydrogen (secondary N) is 1. The highest BCUT2D eigenvalue weighted by Gasteiger charge is 2.15. The van der Waals surface area contributed by atoms with Crippen LogP contribution in [-0.4, -0.2) is 10.9 Å². The molecule has 0 spiro atoms. The zero-order valence-electron chi connectivity index (χ0n) is 9.50. The van der Waals surface area contributed by atoms with E-state index in [4.69, 9.17) is 11.6 Å². The fourth-order valence-electron chi connectivity index (χ4n) is 1.64. The maximum absolute atomic E-state index is 12.1. The third-order valence-electron chi connectivity index (χ3n) is 2.55. The molecule has 5 nitrogen and oxygen atoms in total. The summed E-state index contributed by atoms with van der Waals surface area (Å²) in [4.78, 5) is 16.0. The molecule has 94 valence electrons. The van der Waals surface area contributed by atoms with Crippen molar-refractivity contribution in [1.29, 1.82) is 0 Å². The highest BCUT2D eigenvalue weighted by molar-refractivity contribution is 7.58. The number of rotatable bonds is 2. The van der Waals surface area contributed by atoms with Gasteiger partial charge in [0.15, 0.2) is 0 Å². The largest absolute Gasteiger partial charge is 0.320 e. The summed E-state index contributed by atoms with van der Waals surface area (Å²) < 4.78 is 8.27. The lowest BCUT2D eigenvalue weighted by Gasteiger charge is -2.08. The molecular formula is C12H7ClN4OS. The molecule has 1 N–H and O–H groups in total. The summed E-state index contributed by atoms with van der Waals surface area (Å²) in [5, 5.41) is 3.13. The van der Waals surface area contributed by atoms with Gasteiger partial charge in [0.25, 0.3) is 5.91 Å². The van der Waals surface area contributed by atoms with Crippen molar-refractivity contribution in [3.05, 3.63) is 47.2 Å². The Morgan fingerprint density at radius 2 is 2.16 bits per heavy atom. The fourth-order valence-corrected chi connectivity index (χ4v) is 2.38. The van der Waals surface area contributed by atoms with Crippen LogP contribution in [0, 0.1) is 0 Å². The summed E-state index contributed by atoms with van der Waals surface area (Å²) in [6, 6.07) is 6.99. The topological polar surface area (TPSA) is 66.7 Å². The molecule has 0 bridgehead atoms. The molecule has 0 aliphatic carbocycles. The van der Waals surface area contributed by atoms with E-state index in [1.807, 2.05) is 12.1 Å². The van der Waals surface area contributed by atoms with Crippen LogP contribution in [0.4, 0.5) is 17.1 Å². The highest BCUT2D eigenvalue weighted by atomic mass is 35.5. The lowest BCUT2D eigenvalue weighted by atomic mass is 10.2. The molecule has 3 rings (SSSR count). The molecule has 19 heavy (non-hydrogen) atoms. The Morgan fingerprint density at radius 1 is 1.26 bits per heavy atom. The quantitative estimate of drug-likeness (QED) is 0.781. The molecule has 1 aliphatic rings. The molecule has 0 unspecified atom stereocenters. The van der Waals surface area contributed by atoms with Crippen LogP contribution in [0.3, 0.4) is 0 Å². The van der Waals surface area contributed by atoms with Crippen molar-refractivity contribution >= 4 is 45.9 Å². The van der Waals surface area contributed by atoms with Gasteiger partial charge in [-0.2, -0.15) is 8.73 Å². The molecule has 2 heterocycles. The van der Waals surface area contributed by atoms with Crippen LogP contribution < -0.4 is 5.32 Å². The Kier molecular flexibility index (Phi) is 3.10. The van der Waals surface area contributed by atoms with Crippen molar-refractivity contribution in [3.63, 3.8) is 0 Å². The molecule has 0 radical (unpaired) electrons. The summed E-state index contributed by atoms with van der Waals surface area (Å²) >= 11 is 7.06. The van der Waals surface area contributed by atoms with Crippen LogP contribution in [0.15, 0.2) is 45.4 Å². The monoisotopic (exact) mass is 290 g/mol. The van der Waals surface area contributed by atoms with Gasteiger partial charge >= 0.3 is 0 Å². The van der Waals surface area contributed by atoms with Crippen molar-refractivity contribution < 1.29 is 4.79 Å². The number of hydrogen-bond acceptors (Lipinski definition) is 4. The Morgan fingerprint density at radius 3 is 3.00 bits per heavy atom. The Hall–Kier alpha value is -2.05. The summed E-state index contributed by atoms with van der Waals surface area (Å²) in [6.07, 6.45) is 2.96. The predicted molar refractivity (Wildman–Crippen MR) is 75.2 cm³/mol. The van der Waals surface area contributed by atoms with Crippen LogP contribution in [0.25, 0.3) is 0 Å². The van der Waals surface area contributed by atoms with E-state index in [9.17, 15) is 4.79 Å². The minimum atomic E-state index is -0.321. The second kappa shape index (κ2) is 4.91. The number of hydrogen-bond donors (Lipinski definition) is 1. The molecule has 0 saturated carbocycles. The molecule has 0 atom stereocenters. The number of anilines is 1. The minimum absolute atomic E-state index is 0.321. The van der Waals surface area contributed by atoms with E-state index in [1.54, 1.807) is 12.1 Å². The standard InChI is InChI=1S/C12H7ClN4OS/c13-8-4-5-14-6-7(8)12(18)15-9-2-1-3-10-11(9)17-19-16-10/h1-6H,(H,15,18). The first-order chi connectivity index (χ1) is 9.25. The van der Waals surface area contributed by atoms with Gasteiger partial charge in [-0.05, 0) is 18.2 Å². The van der Waals surface area contributed by atoms with E-state index in [0.29, 0.717) is 22.0 Å². The lowest BCUT2D eigenvalue weighted by Crippen LogP contribution is -2.12. The van der Waals surface area contributed by atoms with Gasteiger partial charge in [-0.3, -0.25) is 9.78 Å². The van der Waals surface area contributed by atoms with Crippen LogP contribution in [0.2, 0.25) is 5.02 Å². The first kappa shape index (κ1) is 12.0. The van der Waals surface area contributed by atoms with Gasteiger partial charge in [-0.25, -0.2) is 0 Å². The number of pyridine rings is 1. The molecule has 1 aliphatic heterocycles. The lowest BCUT2D eigenvalue weighted by molar-refractivity contribution is 0.102. The van der Waals surface area contributed by atoms with E-state index in [0.717, 1.165) is 17.0 Å². The smallest absolute Gasteiger partial charge is 0.258 e. The SMILES string of the molecule is O=C(Nc1cccc2c1N=S=N2)c1cnccc1Cl. The van der Waals surface area contributed by atoms with Crippen LogP contribution in [0.1, 0.15) is 10.4 Å². The van der Waals surface area contributed by atoms with Crippen LogP contribution in [-0.2, 0) is 11.4 Å². The molecule has 1 amide bonds. The van der Waals surface area contributed by atoms with Crippen molar-refractivity contribution in [2.45, 2.75) is 0 Å². The van der Waals surface area contributed by atoms with Gasteiger partial charge in [0, 0.05) is 12.4 Å². The molecule has 0 saturated heterocycles. The maximum atomic E-state index is 12.1. The second-order valence-electron chi connectivity index (χ2n) is 3.75.